The van der Waals surface area contributed by atoms with Gasteiger partial charge in [-0.15, -0.1) is 0 Å². The minimum atomic E-state index is -0.0637. The Morgan fingerprint density at radius 3 is 1.72 bits per heavy atom. The molecule has 0 bridgehead atoms. The molecule has 0 heterocycles. The number of aryl methyl sites for hydroxylation is 2. The molecule has 0 aliphatic heterocycles. The van der Waals surface area contributed by atoms with Gasteiger partial charge in [-0.2, -0.15) is 0 Å². The van der Waals surface area contributed by atoms with Crippen molar-refractivity contribution in [3.63, 3.8) is 0 Å². The molecular weight excluding hydrogens is 267 g/mol. The first-order valence-corrected chi connectivity index (χ1v) is 6.30. The van der Waals surface area contributed by atoms with Crippen LogP contribution in [0, 0.1) is 13.8 Å². The van der Waals surface area contributed by atoms with Crippen LogP contribution in [-0.4, -0.2) is 5.78 Å². The number of benzene rings is 2. The second-order valence-electron chi connectivity index (χ2n) is 4.36. The highest BCUT2D eigenvalue weighted by Crippen LogP contribution is 2.22. The van der Waals surface area contributed by atoms with Crippen LogP contribution in [0.5, 0.6) is 0 Å². The van der Waals surface area contributed by atoms with Crippen LogP contribution in [0.4, 0.5) is 0 Å². The molecule has 2 rings (SSSR count). The van der Waals surface area contributed by atoms with Crippen molar-refractivity contribution in [3.8, 4) is 0 Å². The quantitative estimate of drug-likeness (QED) is 0.719. The molecule has 0 spiro atoms. The predicted octanol–water partition coefficient (Wildman–Crippen LogP) is 4.84. The molecule has 0 aromatic heterocycles. The van der Waals surface area contributed by atoms with E-state index in [9.17, 15) is 4.79 Å². The highest BCUT2D eigenvalue weighted by Gasteiger charge is 2.11. The molecule has 0 fully saturated rings. The molecule has 0 saturated heterocycles. The van der Waals surface area contributed by atoms with E-state index in [1.165, 1.54) is 0 Å². The van der Waals surface area contributed by atoms with Gasteiger partial charge in [0.25, 0.3) is 0 Å². The molecule has 0 saturated carbocycles. The second kappa shape index (κ2) is 5.13. The second-order valence-corrected chi connectivity index (χ2v) is 5.24. The lowest BCUT2D eigenvalue weighted by atomic mass is 9.99. The zero-order chi connectivity index (χ0) is 13.3. The third-order valence-electron chi connectivity index (χ3n) is 2.61. The van der Waals surface area contributed by atoms with Crippen LogP contribution in [0.2, 0.25) is 10.0 Å². The normalized spacial score (nSPS) is 10.4. The van der Waals surface area contributed by atoms with E-state index in [4.69, 9.17) is 23.2 Å². The highest BCUT2D eigenvalue weighted by atomic mass is 35.5. The van der Waals surface area contributed by atoms with Crippen LogP contribution in [-0.2, 0) is 0 Å². The van der Waals surface area contributed by atoms with E-state index in [1.807, 2.05) is 32.0 Å². The summed E-state index contributed by atoms with van der Waals surface area (Å²) in [6, 6.07) is 10.6. The fourth-order valence-electron chi connectivity index (χ4n) is 1.96. The van der Waals surface area contributed by atoms with Crippen molar-refractivity contribution < 1.29 is 4.79 Å². The zero-order valence-electron chi connectivity index (χ0n) is 10.1. The molecular formula is C15H12Cl2O. The van der Waals surface area contributed by atoms with Crippen molar-refractivity contribution in [2.75, 3.05) is 0 Å². The van der Waals surface area contributed by atoms with Gasteiger partial charge in [-0.1, -0.05) is 40.4 Å². The Kier molecular flexibility index (Phi) is 3.74. The molecule has 0 aliphatic carbocycles. The molecule has 18 heavy (non-hydrogen) atoms. The topological polar surface area (TPSA) is 17.1 Å². The summed E-state index contributed by atoms with van der Waals surface area (Å²) in [5, 5.41) is 0.936. The number of carbonyl (C=O) groups excluding carboxylic acids is 1. The standard InChI is InChI=1S/C15H12Cl2O/c1-9-3-10(2)5-11(4-9)15(18)12-6-13(16)8-14(17)7-12/h3-8H,1-2H3. The summed E-state index contributed by atoms with van der Waals surface area (Å²) < 4.78 is 0. The maximum atomic E-state index is 12.3. The monoisotopic (exact) mass is 278 g/mol. The van der Waals surface area contributed by atoms with Gasteiger partial charge in [0.1, 0.15) is 0 Å². The molecule has 92 valence electrons. The maximum absolute atomic E-state index is 12.3. The molecule has 1 nitrogen and oxygen atoms in total. The Morgan fingerprint density at radius 2 is 1.22 bits per heavy atom. The summed E-state index contributed by atoms with van der Waals surface area (Å²) >= 11 is 11.8. The fraction of sp³-hybridized carbons (Fsp3) is 0.133. The summed E-state index contributed by atoms with van der Waals surface area (Å²) in [6.45, 7) is 3.93. The molecule has 2 aromatic rings. The van der Waals surface area contributed by atoms with Crippen molar-refractivity contribution in [1.29, 1.82) is 0 Å². The molecule has 0 atom stereocenters. The number of rotatable bonds is 2. The minimum Gasteiger partial charge on any atom is -0.289 e. The van der Waals surface area contributed by atoms with Gasteiger partial charge in [-0.3, -0.25) is 4.79 Å². The Balaban J connectivity index is 2.47. The molecule has 0 amide bonds. The van der Waals surface area contributed by atoms with Crippen LogP contribution in [0.1, 0.15) is 27.0 Å². The van der Waals surface area contributed by atoms with Crippen LogP contribution >= 0.6 is 23.2 Å². The molecule has 0 aliphatic rings. The molecule has 3 heteroatoms. The van der Waals surface area contributed by atoms with E-state index >= 15 is 0 Å². The van der Waals surface area contributed by atoms with Crippen molar-refractivity contribution in [2.24, 2.45) is 0 Å². The number of halogens is 2. The van der Waals surface area contributed by atoms with Gasteiger partial charge >= 0.3 is 0 Å². The Labute approximate surface area is 116 Å². The first kappa shape index (κ1) is 13.1. The first-order valence-electron chi connectivity index (χ1n) is 5.55. The molecule has 0 N–H and O–H groups in total. The van der Waals surface area contributed by atoms with E-state index in [1.54, 1.807) is 18.2 Å². The summed E-state index contributed by atoms with van der Waals surface area (Å²) in [4.78, 5) is 12.3. The van der Waals surface area contributed by atoms with Crippen LogP contribution in [0.15, 0.2) is 36.4 Å². The first-order chi connectivity index (χ1) is 8.45. The van der Waals surface area contributed by atoms with Gasteiger partial charge in [-0.05, 0) is 44.2 Å². The van der Waals surface area contributed by atoms with Gasteiger partial charge in [0.05, 0.1) is 0 Å². The van der Waals surface area contributed by atoms with E-state index in [0.717, 1.165) is 11.1 Å². The van der Waals surface area contributed by atoms with Crippen LogP contribution in [0.3, 0.4) is 0 Å². The lowest BCUT2D eigenvalue weighted by molar-refractivity contribution is 0.103. The number of hydrogen-bond donors (Lipinski definition) is 0. The van der Waals surface area contributed by atoms with Crippen LogP contribution in [0.25, 0.3) is 0 Å². The van der Waals surface area contributed by atoms with Crippen molar-refractivity contribution in [1.82, 2.24) is 0 Å². The SMILES string of the molecule is Cc1cc(C)cc(C(=O)c2cc(Cl)cc(Cl)c2)c1. The van der Waals surface area contributed by atoms with Gasteiger partial charge in [0, 0.05) is 21.2 Å². The third-order valence-corrected chi connectivity index (χ3v) is 3.05. The van der Waals surface area contributed by atoms with Crippen LogP contribution < -0.4 is 0 Å². The van der Waals surface area contributed by atoms with Gasteiger partial charge in [0.2, 0.25) is 0 Å². The smallest absolute Gasteiger partial charge is 0.193 e. The number of ketones is 1. The molecule has 0 unspecified atom stereocenters. The van der Waals surface area contributed by atoms with E-state index in [2.05, 4.69) is 0 Å². The number of hydrogen-bond acceptors (Lipinski definition) is 1. The van der Waals surface area contributed by atoms with Gasteiger partial charge in [0.15, 0.2) is 5.78 Å². The van der Waals surface area contributed by atoms with E-state index in [0.29, 0.717) is 21.2 Å². The van der Waals surface area contributed by atoms with Gasteiger partial charge in [-0.25, -0.2) is 0 Å². The number of carbonyl (C=O) groups is 1. The lowest BCUT2D eigenvalue weighted by Crippen LogP contribution is -2.02. The maximum Gasteiger partial charge on any atom is 0.193 e. The average molecular weight is 279 g/mol. The molecule has 0 radical (unpaired) electrons. The zero-order valence-corrected chi connectivity index (χ0v) is 11.6. The minimum absolute atomic E-state index is 0.0637. The van der Waals surface area contributed by atoms with E-state index in [-0.39, 0.29) is 5.78 Å². The summed E-state index contributed by atoms with van der Waals surface area (Å²) in [5.41, 5.74) is 3.29. The summed E-state index contributed by atoms with van der Waals surface area (Å²) in [6.07, 6.45) is 0. The third kappa shape index (κ3) is 2.92. The van der Waals surface area contributed by atoms with Crippen molar-refractivity contribution >= 4 is 29.0 Å². The summed E-state index contributed by atoms with van der Waals surface area (Å²) in [5.74, 6) is -0.0637. The Hall–Kier alpha value is -1.31. The largest absolute Gasteiger partial charge is 0.289 e. The highest BCUT2D eigenvalue weighted by molar-refractivity contribution is 6.35. The van der Waals surface area contributed by atoms with Crippen molar-refractivity contribution in [3.05, 3.63) is 68.7 Å². The Morgan fingerprint density at radius 1 is 0.778 bits per heavy atom. The predicted molar refractivity (Wildman–Crippen MR) is 75.8 cm³/mol. The fourth-order valence-corrected chi connectivity index (χ4v) is 2.48. The van der Waals surface area contributed by atoms with E-state index < -0.39 is 0 Å². The average Bonchev–Trinajstić information content (AvgIpc) is 2.25. The van der Waals surface area contributed by atoms with Gasteiger partial charge < -0.3 is 0 Å². The molecule has 2 aromatic carbocycles. The van der Waals surface area contributed by atoms with Crippen molar-refractivity contribution in [2.45, 2.75) is 13.8 Å². The summed E-state index contributed by atoms with van der Waals surface area (Å²) in [7, 11) is 0. The Bertz CT molecular complexity index is 524. The lowest BCUT2D eigenvalue weighted by Gasteiger charge is -2.05.